The Morgan fingerprint density at radius 2 is 2.11 bits per heavy atom. The van der Waals surface area contributed by atoms with Crippen LogP contribution < -0.4 is 10.6 Å². The van der Waals surface area contributed by atoms with Crippen molar-refractivity contribution in [1.82, 2.24) is 15.5 Å². The fraction of sp³-hybridized carbons (Fsp3) is 0.750. The standard InChI is InChI=1S/C20H34N4O2S/c1-4-21-19(23-15-20(3)8-5-11-26-20)22-14-17(18-7-6-16(2)27-18)24-9-12-25-13-10-24/h6-7,17H,4-5,8-15H2,1-3H3,(H2,21,22,23). The van der Waals surface area contributed by atoms with Crippen LogP contribution in [-0.2, 0) is 9.47 Å². The summed E-state index contributed by atoms with van der Waals surface area (Å²) in [6.45, 7) is 13.3. The van der Waals surface area contributed by atoms with Crippen molar-refractivity contribution in [3.8, 4) is 0 Å². The molecule has 0 radical (unpaired) electrons. The number of hydrogen-bond acceptors (Lipinski definition) is 5. The van der Waals surface area contributed by atoms with Crippen molar-refractivity contribution in [3.63, 3.8) is 0 Å². The minimum Gasteiger partial charge on any atom is -0.379 e. The molecular weight excluding hydrogens is 360 g/mol. The molecule has 0 aromatic carbocycles. The second-order valence-corrected chi connectivity index (χ2v) is 8.91. The van der Waals surface area contributed by atoms with Crippen LogP contribution in [0.3, 0.4) is 0 Å². The summed E-state index contributed by atoms with van der Waals surface area (Å²) in [5, 5.41) is 6.96. The van der Waals surface area contributed by atoms with E-state index in [2.05, 4.69) is 48.4 Å². The molecule has 7 heteroatoms. The van der Waals surface area contributed by atoms with E-state index >= 15 is 0 Å². The Labute approximate surface area is 167 Å². The summed E-state index contributed by atoms with van der Waals surface area (Å²) in [6.07, 6.45) is 2.22. The van der Waals surface area contributed by atoms with Crippen molar-refractivity contribution < 1.29 is 9.47 Å². The number of thiophene rings is 1. The molecule has 0 aliphatic carbocycles. The zero-order chi connectivity index (χ0) is 19.1. The van der Waals surface area contributed by atoms with Gasteiger partial charge in [-0.25, -0.2) is 0 Å². The van der Waals surface area contributed by atoms with Crippen LogP contribution in [0.4, 0.5) is 0 Å². The van der Waals surface area contributed by atoms with Crippen LogP contribution in [0.25, 0.3) is 0 Å². The van der Waals surface area contributed by atoms with Gasteiger partial charge in [-0.15, -0.1) is 11.3 Å². The summed E-state index contributed by atoms with van der Waals surface area (Å²) in [6, 6.07) is 4.82. The molecule has 2 aliphatic rings. The SMILES string of the molecule is CCNC(=NCC1(C)CCCO1)NCC(c1ccc(C)s1)N1CCOCC1. The van der Waals surface area contributed by atoms with E-state index in [-0.39, 0.29) is 5.60 Å². The smallest absolute Gasteiger partial charge is 0.191 e. The summed E-state index contributed by atoms with van der Waals surface area (Å²) >= 11 is 1.88. The lowest BCUT2D eigenvalue weighted by Crippen LogP contribution is -2.46. The minimum absolute atomic E-state index is 0.114. The molecule has 3 heterocycles. The molecule has 0 bridgehead atoms. The number of guanidine groups is 1. The average Bonchev–Trinajstić information content (AvgIpc) is 3.30. The number of nitrogens with zero attached hydrogens (tertiary/aromatic N) is 2. The van der Waals surface area contributed by atoms with Crippen molar-refractivity contribution in [1.29, 1.82) is 0 Å². The van der Waals surface area contributed by atoms with E-state index in [1.54, 1.807) is 0 Å². The van der Waals surface area contributed by atoms with Crippen molar-refractivity contribution in [2.24, 2.45) is 4.99 Å². The number of morpholine rings is 1. The van der Waals surface area contributed by atoms with Crippen LogP contribution in [0.5, 0.6) is 0 Å². The lowest BCUT2D eigenvalue weighted by atomic mass is 10.0. The molecule has 2 atom stereocenters. The largest absolute Gasteiger partial charge is 0.379 e. The van der Waals surface area contributed by atoms with Crippen LogP contribution in [-0.4, -0.2) is 69.0 Å². The first-order chi connectivity index (χ1) is 13.1. The molecule has 0 saturated carbocycles. The van der Waals surface area contributed by atoms with E-state index < -0.39 is 0 Å². The zero-order valence-corrected chi connectivity index (χ0v) is 17.7. The summed E-state index contributed by atoms with van der Waals surface area (Å²) in [5.74, 6) is 0.876. The predicted octanol–water partition coefficient (Wildman–Crippen LogP) is 2.55. The molecule has 0 amide bonds. The van der Waals surface area contributed by atoms with Gasteiger partial charge in [-0.3, -0.25) is 9.89 Å². The molecule has 2 fully saturated rings. The Hall–Kier alpha value is -1.15. The van der Waals surface area contributed by atoms with Gasteiger partial charge in [0.2, 0.25) is 0 Å². The van der Waals surface area contributed by atoms with Crippen LogP contribution in [0.2, 0.25) is 0 Å². The maximum Gasteiger partial charge on any atom is 0.191 e. The Kier molecular flexibility index (Phi) is 7.52. The average molecular weight is 395 g/mol. The zero-order valence-electron chi connectivity index (χ0n) is 16.9. The highest BCUT2D eigenvalue weighted by Crippen LogP contribution is 2.28. The summed E-state index contributed by atoms with van der Waals surface area (Å²) in [7, 11) is 0. The van der Waals surface area contributed by atoms with Crippen molar-refractivity contribution in [2.75, 3.05) is 52.5 Å². The number of hydrogen-bond donors (Lipinski definition) is 2. The van der Waals surface area contributed by atoms with Gasteiger partial charge in [0.05, 0.1) is 31.4 Å². The van der Waals surface area contributed by atoms with Gasteiger partial charge < -0.3 is 20.1 Å². The van der Waals surface area contributed by atoms with Crippen molar-refractivity contribution in [2.45, 2.75) is 45.3 Å². The van der Waals surface area contributed by atoms with Gasteiger partial charge in [0, 0.05) is 42.5 Å². The topological polar surface area (TPSA) is 58.1 Å². The van der Waals surface area contributed by atoms with Crippen LogP contribution >= 0.6 is 11.3 Å². The van der Waals surface area contributed by atoms with Gasteiger partial charge in [0.25, 0.3) is 0 Å². The number of aryl methyl sites for hydroxylation is 1. The Balaban J connectivity index is 1.65. The normalized spacial score (nSPS) is 25.5. The predicted molar refractivity (Wildman–Crippen MR) is 112 cm³/mol. The van der Waals surface area contributed by atoms with Crippen molar-refractivity contribution >= 4 is 17.3 Å². The van der Waals surface area contributed by atoms with Gasteiger partial charge in [0.1, 0.15) is 0 Å². The van der Waals surface area contributed by atoms with E-state index in [0.717, 1.165) is 64.8 Å². The number of rotatable bonds is 7. The highest BCUT2D eigenvalue weighted by atomic mass is 32.1. The van der Waals surface area contributed by atoms with Gasteiger partial charge in [-0.1, -0.05) is 0 Å². The number of aliphatic imine (C=N–C) groups is 1. The lowest BCUT2D eigenvalue weighted by molar-refractivity contribution is 0.0176. The molecule has 2 aliphatic heterocycles. The minimum atomic E-state index is -0.114. The summed E-state index contributed by atoms with van der Waals surface area (Å²) < 4.78 is 11.4. The van der Waals surface area contributed by atoms with E-state index in [1.807, 2.05) is 11.3 Å². The molecule has 6 nitrogen and oxygen atoms in total. The molecule has 152 valence electrons. The third kappa shape index (κ3) is 5.91. The molecule has 3 rings (SSSR count). The molecule has 1 aromatic heterocycles. The summed E-state index contributed by atoms with van der Waals surface area (Å²) in [4.78, 5) is 10.1. The van der Waals surface area contributed by atoms with E-state index in [4.69, 9.17) is 14.5 Å². The monoisotopic (exact) mass is 394 g/mol. The fourth-order valence-corrected chi connectivity index (χ4v) is 4.69. The summed E-state index contributed by atoms with van der Waals surface area (Å²) in [5.41, 5.74) is -0.114. The van der Waals surface area contributed by atoms with Crippen LogP contribution in [0, 0.1) is 6.92 Å². The van der Waals surface area contributed by atoms with Gasteiger partial charge in [-0.05, 0) is 45.7 Å². The van der Waals surface area contributed by atoms with Gasteiger partial charge >= 0.3 is 0 Å². The first-order valence-corrected chi connectivity index (χ1v) is 11.0. The first kappa shape index (κ1) is 20.6. The Morgan fingerprint density at radius 3 is 2.74 bits per heavy atom. The second kappa shape index (κ2) is 9.87. The third-order valence-corrected chi connectivity index (χ3v) is 6.36. The van der Waals surface area contributed by atoms with Gasteiger partial charge in [0.15, 0.2) is 5.96 Å². The van der Waals surface area contributed by atoms with Crippen LogP contribution in [0.1, 0.15) is 42.5 Å². The van der Waals surface area contributed by atoms with E-state index in [1.165, 1.54) is 9.75 Å². The third-order valence-electron chi connectivity index (χ3n) is 5.26. The van der Waals surface area contributed by atoms with Crippen LogP contribution in [0.15, 0.2) is 17.1 Å². The van der Waals surface area contributed by atoms with Crippen molar-refractivity contribution in [3.05, 3.63) is 21.9 Å². The second-order valence-electron chi connectivity index (χ2n) is 7.59. The Bertz CT molecular complexity index is 607. The molecule has 2 N–H and O–H groups in total. The number of ether oxygens (including phenoxy) is 2. The quantitative estimate of drug-likeness (QED) is 0.550. The molecule has 27 heavy (non-hydrogen) atoms. The fourth-order valence-electron chi connectivity index (χ4n) is 3.67. The molecule has 1 aromatic rings. The Morgan fingerprint density at radius 1 is 1.30 bits per heavy atom. The maximum atomic E-state index is 5.88. The lowest BCUT2D eigenvalue weighted by Gasteiger charge is -2.34. The maximum absolute atomic E-state index is 5.88. The molecule has 2 unspecified atom stereocenters. The molecular formula is C20H34N4O2S. The van der Waals surface area contributed by atoms with E-state index in [9.17, 15) is 0 Å². The number of nitrogens with one attached hydrogen (secondary N) is 2. The first-order valence-electron chi connectivity index (χ1n) is 10.1. The molecule has 0 spiro atoms. The highest BCUT2D eigenvalue weighted by molar-refractivity contribution is 7.12. The van der Waals surface area contributed by atoms with Gasteiger partial charge in [-0.2, -0.15) is 0 Å². The molecule has 2 saturated heterocycles. The highest BCUT2D eigenvalue weighted by Gasteiger charge is 2.29. The van der Waals surface area contributed by atoms with E-state index in [0.29, 0.717) is 12.6 Å².